The third kappa shape index (κ3) is 1.38. The van der Waals surface area contributed by atoms with Gasteiger partial charge in [0.1, 0.15) is 0 Å². The number of halogens is 2. The van der Waals surface area contributed by atoms with Crippen LogP contribution < -0.4 is 5.32 Å². The van der Waals surface area contributed by atoms with Gasteiger partial charge in [0.2, 0.25) is 0 Å². The molecule has 0 aliphatic carbocycles. The molecule has 0 unspecified atom stereocenters. The molecule has 1 heterocycles. The van der Waals surface area contributed by atoms with Crippen LogP contribution in [0.3, 0.4) is 0 Å². The molecule has 0 radical (unpaired) electrons. The number of nitrogens with one attached hydrogen (secondary N) is 1. The summed E-state index contributed by atoms with van der Waals surface area (Å²) in [5.41, 5.74) is 1.04. The molecule has 0 bridgehead atoms. The number of hydrogen-bond acceptors (Lipinski definition) is 2. The summed E-state index contributed by atoms with van der Waals surface area (Å²) in [4.78, 5) is 1.72. The van der Waals surface area contributed by atoms with E-state index in [2.05, 4.69) is 5.32 Å². The minimum Gasteiger partial charge on any atom is -0.351 e. The van der Waals surface area contributed by atoms with E-state index in [1.165, 1.54) is 11.8 Å². The molecule has 3 rings (SSSR count). The molecule has 0 fully saturated rings. The van der Waals surface area contributed by atoms with Crippen LogP contribution in [0, 0.1) is 11.6 Å². The standard InChI is InChI=1S/C12H7F2NS/c13-7-5-6-10-12(11(7)14)15-8-3-1-2-4-9(8)16-10/h1-6,15H. The molecule has 1 aliphatic heterocycles. The molecule has 0 aromatic heterocycles. The predicted octanol–water partition coefficient (Wildman–Crippen LogP) is 4.17. The van der Waals surface area contributed by atoms with Crippen LogP contribution in [-0.4, -0.2) is 0 Å². The highest BCUT2D eigenvalue weighted by atomic mass is 32.2. The fraction of sp³-hybridized carbons (Fsp3) is 0. The zero-order valence-electron chi connectivity index (χ0n) is 8.13. The SMILES string of the molecule is Fc1ccc2c(c1F)Nc1ccccc1S2. The zero-order chi connectivity index (χ0) is 11.1. The van der Waals surface area contributed by atoms with Crippen molar-refractivity contribution < 1.29 is 8.78 Å². The van der Waals surface area contributed by atoms with E-state index < -0.39 is 11.6 Å². The minimum absolute atomic E-state index is 0.226. The van der Waals surface area contributed by atoms with Gasteiger partial charge in [-0.2, -0.15) is 0 Å². The van der Waals surface area contributed by atoms with Crippen LogP contribution in [-0.2, 0) is 0 Å². The van der Waals surface area contributed by atoms with E-state index in [1.54, 1.807) is 6.07 Å². The highest BCUT2D eigenvalue weighted by Crippen LogP contribution is 2.45. The molecule has 2 aromatic rings. The van der Waals surface area contributed by atoms with E-state index >= 15 is 0 Å². The quantitative estimate of drug-likeness (QED) is 0.627. The Hall–Kier alpha value is -1.55. The number of anilines is 2. The van der Waals surface area contributed by atoms with Gasteiger partial charge in [0.25, 0.3) is 0 Å². The van der Waals surface area contributed by atoms with Gasteiger partial charge in [-0.1, -0.05) is 23.9 Å². The van der Waals surface area contributed by atoms with Gasteiger partial charge in [-0.3, -0.25) is 0 Å². The van der Waals surface area contributed by atoms with Gasteiger partial charge in [-0.15, -0.1) is 0 Å². The third-order valence-electron chi connectivity index (χ3n) is 2.42. The first-order chi connectivity index (χ1) is 7.75. The molecule has 1 nitrogen and oxygen atoms in total. The average Bonchev–Trinajstić information content (AvgIpc) is 2.32. The Kier molecular flexibility index (Phi) is 2.11. The maximum Gasteiger partial charge on any atom is 0.183 e. The van der Waals surface area contributed by atoms with Crippen LogP contribution in [0.15, 0.2) is 46.2 Å². The van der Waals surface area contributed by atoms with Gasteiger partial charge >= 0.3 is 0 Å². The van der Waals surface area contributed by atoms with E-state index in [1.807, 2.05) is 24.3 Å². The molecular formula is C12H7F2NS. The molecule has 0 saturated carbocycles. The van der Waals surface area contributed by atoms with Gasteiger partial charge in [0, 0.05) is 9.79 Å². The fourth-order valence-corrected chi connectivity index (χ4v) is 2.64. The molecule has 2 aromatic carbocycles. The smallest absolute Gasteiger partial charge is 0.183 e. The van der Waals surface area contributed by atoms with E-state index in [-0.39, 0.29) is 5.69 Å². The second-order valence-corrected chi connectivity index (χ2v) is 4.54. The van der Waals surface area contributed by atoms with Crippen molar-refractivity contribution in [3.05, 3.63) is 48.0 Å². The lowest BCUT2D eigenvalue weighted by Gasteiger charge is -2.20. The summed E-state index contributed by atoms with van der Waals surface area (Å²) in [7, 11) is 0. The van der Waals surface area contributed by atoms with Crippen molar-refractivity contribution in [1.29, 1.82) is 0 Å². The summed E-state index contributed by atoms with van der Waals surface area (Å²) in [6, 6.07) is 10.3. The lowest BCUT2D eigenvalue weighted by Crippen LogP contribution is -2.03. The van der Waals surface area contributed by atoms with Crippen molar-refractivity contribution in [3.8, 4) is 0 Å². The normalized spacial score (nSPS) is 12.6. The van der Waals surface area contributed by atoms with Crippen molar-refractivity contribution in [2.45, 2.75) is 9.79 Å². The Labute approximate surface area is 95.5 Å². The summed E-state index contributed by atoms with van der Waals surface area (Å²) < 4.78 is 26.6. The van der Waals surface area contributed by atoms with Crippen LogP contribution in [0.25, 0.3) is 0 Å². The molecule has 80 valence electrons. The molecule has 16 heavy (non-hydrogen) atoms. The van der Waals surface area contributed by atoms with Crippen LogP contribution >= 0.6 is 11.8 Å². The molecule has 0 spiro atoms. The summed E-state index contributed by atoms with van der Waals surface area (Å²) in [5.74, 6) is -1.65. The monoisotopic (exact) mass is 235 g/mol. The predicted molar refractivity (Wildman–Crippen MR) is 60.2 cm³/mol. The molecule has 4 heteroatoms. The van der Waals surface area contributed by atoms with Crippen molar-refractivity contribution in [1.82, 2.24) is 0 Å². The Morgan fingerprint density at radius 3 is 2.62 bits per heavy atom. The van der Waals surface area contributed by atoms with Crippen molar-refractivity contribution in [2.24, 2.45) is 0 Å². The number of benzene rings is 2. The maximum atomic E-state index is 13.5. The van der Waals surface area contributed by atoms with E-state index in [9.17, 15) is 8.78 Å². The Morgan fingerprint density at radius 2 is 1.75 bits per heavy atom. The topological polar surface area (TPSA) is 12.0 Å². The number of fused-ring (bicyclic) bond motifs is 2. The van der Waals surface area contributed by atoms with Crippen molar-refractivity contribution in [3.63, 3.8) is 0 Å². The molecular weight excluding hydrogens is 228 g/mol. The first-order valence-corrected chi connectivity index (χ1v) is 5.59. The Balaban J connectivity index is 2.16. The maximum absolute atomic E-state index is 13.5. The summed E-state index contributed by atoms with van der Waals surface area (Å²) >= 11 is 1.44. The lowest BCUT2D eigenvalue weighted by molar-refractivity contribution is 0.509. The average molecular weight is 235 g/mol. The summed E-state index contributed by atoms with van der Waals surface area (Å²) in [6.07, 6.45) is 0. The lowest BCUT2D eigenvalue weighted by atomic mass is 10.2. The van der Waals surface area contributed by atoms with Crippen LogP contribution in [0.5, 0.6) is 0 Å². The van der Waals surface area contributed by atoms with Crippen LogP contribution in [0.4, 0.5) is 20.2 Å². The highest BCUT2D eigenvalue weighted by Gasteiger charge is 2.20. The molecule has 1 N–H and O–H groups in total. The first kappa shape index (κ1) is 9.66. The first-order valence-electron chi connectivity index (χ1n) is 4.77. The molecule has 1 aliphatic rings. The van der Waals surface area contributed by atoms with Crippen LogP contribution in [0.1, 0.15) is 0 Å². The van der Waals surface area contributed by atoms with Crippen LogP contribution in [0.2, 0.25) is 0 Å². The fourth-order valence-electron chi connectivity index (χ4n) is 1.65. The number of hydrogen-bond donors (Lipinski definition) is 1. The molecule has 0 atom stereocenters. The largest absolute Gasteiger partial charge is 0.351 e. The van der Waals surface area contributed by atoms with Gasteiger partial charge in [-0.05, 0) is 24.3 Å². The van der Waals surface area contributed by atoms with E-state index in [4.69, 9.17) is 0 Å². The van der Waals surface area contributed by atoms with E-state index in [0.717, 1.165) is 16.6 Å². The summed E-state index contributed by atoms with van der Waals surface area (Å²) in [6.45, 7) is 0. The Bertz CT molecular complexity index is 569. The second kappa shape index (κ2) is 3.49. The second-order valence-electron chi connectivity index (χ2n) is 3.46. The molecule has 0 amide bonds. The van der Waals surface area contributed by atoms with Gasteiger partial charge in [-0.25, -0.2) is 8.78 Å². The highest BCUT2D eigenvalue weighted by molar-refractivity contribution is 7.99. The number of rotatable bonds is 0. The van der Waals surface area contributed by atoms with E-state index in [0.29, 0.717) is 4.90 Å². The van der Waals surface area contributed by atoms with Gasteiger partial charge in [0.05, 0.1) is 11.4 Å². The molecule has 0 saturated heterocycles. The minimum atomic E-state index is -0.828. The van der Waals surface area contributed by atoms with Crippen molar-refractivity contribution in [2.75, 3.05) is 5.32 Å². The third-order valence-corrected chi connectivity index (χ3v) is 3.56. The van der Waals surface area contributed by atoms with Gasteiger partial charge in [0.15, 0.2) is 11.6 Å². The van der Waals surface area contributed by atoms with Crippen molar-refractivity contribution >= 4 is 23.1 Å². The zero-order valence-corrected chi connectivity index (χ0v) is 8.94. The van der Waals surface area contributed by atoms with Gasteiger partial charge < -0.3 is 5.32 Å². The summed E-state index contributed by atoms with van der Waals surface area (Å²) in [5, 5.41) is 2.91. The number of para-hydroxylation sites is 1. The Morgan fingerprint density at radius 1 is 0.938 bits per heavy atom.